The third-order valence-electron chi connectivity index (χ3n) is 3.03. The molecule has 1 aromatic heterocycles. The molecule has 5 nitrogen and oxygen atoms in total. The molecule has 0 bridgehead atoms. The summed E-state index contributed by atoms with van der Waals surface area (Å²) in [5.74, 6) is -0.191. The van der Waals surface area contributed by atoms with E-state index in [4.69, 9.17) is 16.3 Å². The van der Waals surface area contributed by atoms with E-state index in [9.17, 15) is 9.18 Å². The molecule has 1 amide bonds. The van der Waals surface area contributed by atoms with Gasteiger partial charge < -0.3 is 15.4 Å². The van der Waals surface area contributed by atoms with Crippen LogP contribution in [0.4, 0.5) is 15.9 Å². The molecule has 0 atom stereocenters. The number of methoxy groups -OCH3 is 1. The number of rotatable bonds is 7. The van der Waals surface area contributed by atoms with Gasteiger partial charge in [0, 0.05) is 32.1 Å². The fraction of sp³-hybridized carbons (Fsp3) is 0.250. The van der Waals surface area contributed by atoms with Crippen molar-refractivity contribution in [1.82, 2.24) is 4.98 Å². The number of ether oxygens (including phenoxy) is 1. The molecule has 0 radical (unpaired) electrons. The summed E-state index contributed by atoms with van der Waals surface area (Å²) in [6.07, 6.45) is 2.34. The summed E-state index contributed by atoms with van der Waals surface area (Å²) in [6.45, 7) is 1.41. The van der Waals surface area contributed by atoms with Gasteiger partial charge in [-0.3, -0.25) is 4.79 Å². The molecule has 1 heterocycles. The van der Waals surface area contributed by atoms with Gasteiger partial charge in [-0.2, -0.15) is 0 Å². The van der Waals surface area contributed by atoms with Crippen LogP contribution in [-0.2, 0) is 4.74 Å². The van der Waals surface area contributed by atoms with Gasteiger partial charge in [0.1, 0.15) is 11.6 Å². The molecule has 122 valence electrons. The first-order chi connectivity index (χ1) is 11.1. The molecule has 0 aliphatic carbocycles. The molecular weight excluding hydrogens is 321 g/mol. The summed E-state index contributed by atoms with van der Waals surface area (Å²) >= 11 is 5.68. The number of pyridine rings is 1. The maximum absolute atomic E-state index is 13.1. The van der Waals surface area contributed by atoms with E-state index >= 15 is 0 Å². The van der Waals surface area contributed by atoms with Crippen molar-refractivity contribution in [3.05, 3.63) is 52.9 Å². The Morgan fingerprint density at radius 3 is 2.83 bits per heavy atom. The lowest BCUT2D eigenvalue weighted by molar-refractivity contribution is 0.102. The number of carbonyl (C=O) groups excluding carboxylic acids is 1. The highest BCUT2D eigenvalue weighted by atomic mass is 35.5. The van der Waals surface area contributed by atoms with Gasteiger partial charge in [0.25, 0.3) is 5.91 Å². The lowest BCUT2D eigenvalue weighted by atomic mass is 10.2. The Hall–Kier alpha value is -2.18. The highest BCUT2D eigenvalue weighted by molar-refractivity contribution is 6.31. The van der Waals surface area contributed by atoms with E-state index in [1.54, 1.807) is 19.2 Å². The Morgan fingerprint density at radius 1 is 1.35 bits per heavy atom. The molecule has 0 saturated carbocycles. The van der Waals surface area contributed by atoms with Gasteiger partial charge >= 0.3 is 0 Å². The number of carbonyl (C=O) groups is 1. The Kier molecular flexibility index (Phi) is 6.31. The molecule has 23 heavy (non-hydrogen) atoms. The minimum Gasteiger partial charge on any atom is -0.385 e. The summed E-state index contributed by atoms with van der Waals surface area (Å²) in [6, 6.07) is 7.38. The van der Waals surface area contributed by atoms with Crippen LogP contribution in [0.2, 0.25) is 5.02 Å². The largest absolute Gasteiger partial charge is 0.385 e. The summed E-state index contributed by atoms with van der Waals surface area (Å²) in [4.78, 5) is 16.3. The third kappa shape index (κ3) is 5.19. The number of nitrogens with one attached hydrogen (secondary N) is 2. The fourth-order valence-electron chi connectivity index (χ4n) is 1.84. The first-order valence-electron chi connectivity index (χ1n) is 7.05. The van der Waals surface area contributed by atoms with Gasteiger partial charge in [0.2, 0.25) is 0 Å². The van der Waals surface area contributed by atoms with Crippen LogP contribution in [0.25, 0.3) is 0 Å². The van der Waals surface area contributed by atoms with Gasteiger partial charge in [-0.05, 0) is 36.8 Å². The number of nitrogens with zero attached hydrogens (tertiary/aromatic N) is 1. The van der Waals surface area contributed by atoms with Crippen LogP contribution in [0.1, 0.15) is 16.8 Å². The number of anilines is 2. The first-order valence-corrected chi connectivity index (χ1v) is 7.43. The number of halogens is 2. The van der Waals surface area contributed by atoms with Crippen molar-refractivity contribution in [2.24, 2.45) is 0 Å². The molecule has 0 aliphatic heterocycles. The van der Waals surface area contributed by atoms with Crippen LogP contribution in [0.15, 0.2) is 36.5 Å². The van der Waals surface area contributed by atoms with Crippen molar-refractivity contribution >= 4 is 29.0 Å². The van der Waals surface area contributed by atoms with Crippen molar-refractivity contribution in [1.29, 1.82) is 0 Å². The molecule has 7 heteroatoms. The fourth-order valence-corrected chi connectivity index (χ4v) is 2.02. The van der Waals surface area contributed by atoms with E-state index < -0.39 is 5.82 Å². The number of amides is 1. The molecular formula is C16H17ClFN3O2. The van der Waals surface area contributed by atoms with E-state index in [0.29, 0.717) is 23.7 Å². The molecule has 2 N–H and O–H groups in total. The number of hydrogen-bond donors (Lipinski definition) is 2. The van der Waals surface area contributed by atoms with Crippen molar-refractivity contribution in [2.75, 3.05) is 30.9 Å². The number of aromatic nitrogens is 1. The molecule has 0 saturated heterocycles. The highest BCUT2D eigenvalue weighted by Crippen LogP contribution is 2.20. The zero-order valence-electron chi connectivity index (χ0n) is 12.6. The van der Waals surface area contributed by atoms with Crippen LogP contribution in [0, 0.1) is 5.82 Å². The quantitative estimate of drug-likeness (QED) is 0.758. The average molecular weight is 338 g/mol. The minimum absolute atomic E-state index is 0.0449. The highest BCUT2D eigenvalue weighted by Gasteiger charge is 2.08. The van der Waals surface area contributed by atoms with Crippen molar-refractivity contribution < 1.29 is 13.9 Å². The minimum atomic E-state index is -0.532. The van der Waals surface area contributed by atoms with Crippen molar-refractivity contribution in [3.8, 4) is 0 Å². The third-order valence-corrected chi connectivity index (χ3v) is 3.32. The zero-order valence-corrected chi connectivity index (χ0v) is 13.4. The van der Waals surface area contributed by atoms with E-state index in [-0.39, 0.29) is 10.9 Å². The normalized spacial score (nSPS) is 10.4. The molecule has 0 unspecified atom stereocenters. The van der Waals surface area contributed by atoms with Crippen LogP contribution in [0.3, 0.4) is 0 Å². The Labute approximate surface area is 138 Å². The second kappa shape index (κ2) is 8.45. The molecule has 0 spiro atoms. The molecule has 0 aliphatic rings. The van der Waals surface area contributed by atoms with E-state index in [1.165, 1.54) is 24.4 Å². The molecule has 0 fully saturated rings. The van der Waals surface area contributed by atoms with Crippen LogP contribution >= 0.6 is 11.6 Å². The van der Waals surface area contributed by atoms with Crippen molar-refractivity contribution in [3.63, 3.8) is 0 Å². The van der Waals surface area contributed by atoms with E-state index in [1.807, 2.05) is 0 Å². The molecule has 2 aromatic rings. The standard InChI is InChI=1S/C16H17ClFN3O2/c1-23-8-2-7-19-15-6-3-11(10-20-15)16(22)21-12-4-5-14(18)13(17)9-12/h3-6,9-10H,2,7-8H2,1H3,(H,19,20)(H,21,22). The number of benzene rings is 1. The predicted molar refractivity (Wildman–Crippen MR) is 88.6 cm³/mol. The Balaban J connectivity index is 1.93. The Bertz CT molecular complexity index is 665. The van der Waals surface area contributed by atoms with Gasteiger partial charge in [0.15, 0.2) is 0 Å². The van der Waals surface area contributed by atoms with E-state index in [0.717, 1.165) is 13.0 Å². The zero-order chi connectivity index (χ0) is 16.7. The maximum atomic E-state index is 13.1. The predicted octanol–water partition coefficient (Wildman–Crippen LogP) is 3.57. The average Bonchev–Trinajstić information content (AvgIpc) is 2.55. The topological polar surface area (TPSA) is 63.2 Å². The van der Waals surface area contributed by atoms with E-state index in [2.05, 4.69) is 15.6 Å². The first kappa shape index (κ1) is 17.2. The second-order valence-corrected chi connectivity index (χ2v) is 5.20. The maximum Gasteiger partial charge on any atom is 0.257 e. The number of hydrogen-bond acceptors (Lipinski definition) is 4. The van der Waals surface area contributed by atoms with Crippen LogP contribution in [-0.4, -0.2) is 31.2 Å². The van der Waals surface area contributed by atoms with Gasteiger partial charge in [-0.25, -0.2) is 9.37 Å². The Morgan fingerprint density at radius 2 is 2.17 bits per heavy atom. The second-order valence-electron chi connectivity index (χ2n) is 4.79. The van der Waals surface area contributed by atoms with Gasteiger partial charge in [-0.15, -0.1) is 0 Å². The van der Waals surface area contributed by atoms with Crippen LogP contribution in [0.5, 0.6) is 0 Å². The van der Waals surface area contributed by atoms with Crippen LogP contribution < -0.4 is 10.6 Å². The lowest BCUT2D eigenvalue weighted by Crippen LogP contribution is -2.13. The monoisotopic (exact) mass is 337 g/mol. The summed E-state index contributed by atoms with van der Waals surface area (Å²) < 4.78 is 18.0. The SMILES string of the molecule is COCCCNc1ccc(C(=O)Nc2ccc(F)c(Cl)c2)cn1. The van der Waals surface area contributed by atoms with Crippen molar-refractivity contribution in [2.45, 2.75) is 6.42 Å². The summed E-state index contributed by atoms with van der Waals surface area (Å²) in [5, 5.41) is 5.72. The summed E-state index contributed by atoms with van der Waals surface area (Å²) in [5.41, 5.74) is 0.816. The lowest BCUT2D eigenvalue weighted by Gasteiger charge is -2.08. The molecule has 1 aromatic carbocycles. The van der Waals surface area contributed by atoms with Gasteiger partial charge in [-0.1, -0.05) is 11.6 Å². The summed E-state index contributed by atoms with van der Waals surface area (Å²) in [7, 11) is 1.65. The molecule has 2 rings (SSSR count). The smallest absolute Gasteiger partial charge is 0.257 e. The van der Waals surface area contributed by atoms with Gasteiger partial charge in [0.05, 0.1) is 10.6 Å².